The maximum atomic E-state index is 12.4. The third-order valence-electron chi connectivity index (χ3n) is 5.58. The molecule has 4 N–H and O–H groups in total. The van der Waals surface area contributed by atoms with Crippen molar-refractivity contribution in [3.8, 4) is 0 Å². The van der Waals surface area contributed by atoms with E-state index in [9.17, 15) is 9.59 Å². The van der Waals surface area contributed by atoms with E-state index in [1.807, 2.05) is 0 Å². The first kappa shape index (κ1) is 25.1. The third kappa shape index (κ3) is 8.08. The lowest BCUT2D eigenvalue weighted by atomic mass is 9.95. The first-order chi connectivity index (χ1) is 16.4. The van der Waals surface area contributed by atoms with E-state index in [0.29, 0.717) is 30.0 Å². The molecule has 0 amide bonds. The molecular weight excluding hydrogens is 432 g/mol. The zero-order chi connectivity index (χ0) is 24.3. The molecule has 0 heterocycles. The highest BCUT2D eigenvalue weighted by Gasteiger charge is 2.24. The lowest BCUT2D eigenvalue weighted by Gasteiger charge is -2.28. The average molecular weight is 465 g/mol. The molecule has 2 aromatic carbocycles. The maximum absolute atomic E-state index is 12.4. The number of rotatable bonds is 10. The Labute approximate surface area is 200 Å². The summed E-state index contributed by atoms with van der Waals surface area (Å²) in [6.07, 6.45) is 8.72. The summed E-state index contributed by atoms with van der Waals surface area (Å²) in [5.74, 6) is -0.791. The van der Waals surface area contributed by atoms with E-state index in [1.54, 1.807) is 54.6 Å². The van der Waals surface area contributed by atoms with Crippen molar-refractivity contribution in [2.75, 3.05) is 24.7 Å². The molecular formula is C27H32N2O5. The van der Waals surface area contributed by atoms with Crippen LogP contribution in [-0.2, 0) is 25.4 Å². The number of ether oxygens (including phenoxy) is 3. The normalized spacial score (nSPS) is 17.9. The van der Waals surface area contributed by atoms with Crippen LogP contribution in [0.5, 0.6) is 0 Å². The molecule has 0 bridgehead atoms. The topological polar surface area (TPSA) is 114 Å². The molecule has 34 heavy (non-hydrogen) atoms. The highest BCUT2D eigenvalue weighted by Crippen LogP contribution is 2.24. The van der Waals surface area contributed by atoms with Crippen molar-refractivity contribution < 1.29 is 23.8 Å². The van der Waals surface area contributed by atoms with Gasteiger partial charge in [-0.15, -0.1) is 6.58 Å². The van der Waals surface area contributed by atoms with Crippen molar-refractivity contribution in [1.29, 1.82) is 0 Å². The Hall–Kier alpha value is -3.58. The van der Waals surface area contributed by atoms with Gasteiger partial charge >= 0.3 is 11.9 Å². The lowest BCUT2D eigenvalue weighted by molar-refractivity contribution is -0.137. The van der Waals surface area contributed by atoms with Crippen LogP contribution < -0.4 is 11.5 Å². The number of nitrogen functional groups attached to an aromatic ring is 2. The zero-order valence-corrected chi connectivity index (χ0v) is 19.3. The number of carbonyl (C=O) groups is 2. The molecule has 1 fully saturated rings. The van der Waals surface area contributed by atoms with Crippen LogP contribution in [0.1, 0.15) is 47.2 Å². The fourth-order valence-electron chi connectivity index (χ4n) is 3.84. The van der Waals surface area contributed by atoms with Gasteiger partial charge in [0.15, 0.2) is 0 Å². The molecule has 0 saturated heterocycles. The number of anilines is 2. The van der Waals surface area contributed by atoms with Crippen molar-refractivity contribution in [2.24, 2.45) is 0 Å². The zero-order valence-electron chi connectivity index (χ0n) is 19.3. The molecule has 0 spiro atoms. The Kier molecular flexibility index (Phi) is 9.29. The predicted molar refractivity (Wildman–Crippen MR) is 133 cm³/mol. The van der Waals surface area contributed by atoms with Gasteiger partial charge < -0.3 is 25.7 Å². The molecule has 1 saturated carbocycles. The van der Waals surface area contributed by atoms with Crippen molar-refractivity contribution in [1.82, 2.24) is 0 Å². The van der Waals surface area contributed by atoms with Gasteiger partial charge in [-0.3, -0.25) is 0 Å². The fourth-order valence-corrected chi connectivity index (χ4v) is 3.84. The highest BCUT2D eigenvalue weighted by atomic mass is 16.5. The molecule has 3 rings (SSSR count). The molecule has 0 radical (unpaired) electrons. The van der Waals surface area contributed by atoms with E-state index in [1.165, 1.54) is 6.08 Å². The van der Waals surface area contributed by atoms with E-state index >= 15 is 0 Å². The van der Waals surface area contributed by atoms with Crippen LogP contribution in [0.15, 0.2) is 61.2 Å². The molecule has 0 aliphatic heterocycles. The minimum absolute atomic E-state index is 0.0887. The number of benzene rings is 2. The number of esters is 2. The van der Waals surface area contributed by atoms with Gasteiger partial charge in [0.25, 0.3) is 0 Å². The number of nitrogens with two attached hydrogens (primary N) is 2. The Bertz CT molecular complexity index is 988. The molecule has 0 aromatic heterocycles. The second-order valence-corrected chi connectivity index (χ2v) is 8.31. The number of hydrogen-bond acceptors (Lipinski definition) is 7. The molecule has 7 heteroatoms. The van der Waals surface area contributed by atoms with Gasteiger partial charge in [-0.25, -0.2) is 9.59 Å². The first-order valence-electron chi connectivity index (χ1n) is 11.5. The van der Waals surface area contributed by atoms with Gasteiger partial charge in [0, 0.05) is 23.9 Å². The van der Waals surface area contributed by atoms with Crippen LogP contribution in [-0.4, -0.2) is 37.4 Å². The summed E-state index contributed by atoms with van der Waals surface area (Å²) in [6.45, 7) is 4.43. The quantitative estimate of drug-likeness (QED) is 0.233. The van der Waals surface area contributed by atoms with E-state index in [-0.39, 0.29) is 24.8 Å². The molecule has 2 aromatic rings. The van der Waals surface area contributed by atoms with E-state index in [0.717, 1.165) is 36.8 Å². The molecule has 7 nitrogen and oxygen atoms in total. The van der Waals surface area contributed by atoms with Crippen molar-refractivity contribution in [3.05, 3.63) is 77.9 Å². The Morgan fingerprint density at radius 3 is 2.26 bits per heavy atom. The molecule has 0 unspecified atom stereocenters. The van der Waals surface area contributed by atoms with Crippen LogP contribution >= 0.6 is 0 Å². The van der Waals surface area contributed by atoms with Crippen LogP contribution in [0.25, 0.3) is 6.08 Å². The fraction of sp³-hybridized carbons (Fsp3) is 0.333. The largest absolute Gasteiger partial charge is 0.462 e. The van der Waals surface area contributed by atoms with Gasteiger partial charge in [0.1, 0.15) is 6.10 Å². The highest BCUT2D eigenvalue weighted by molar-refractivity contribution is 5.90. The monoisotopic (exact) mass is 464 g/mol. The van der Waals surface area contributed by atoms with Crippen LogP contribution in [0, 0.1) is 0 Å². The summed E-state index contributed by atoms with van der Waals surface area (Å²) in [7, 11) is 0. The minimum Gasteiger partial charge on any atom is -0.462 e. The summed E-state index contributed by atoms with van der Waals surface area (Å²) < 4.78 is 16.5. The van der Waals surface area contributed by atoms with Crippen LogP contribution in [0.3, 0.4) is 0 Å². The lowest BCUT2D eigenvalue weighted by Crippen LogP contribution is -2.28. The summed E-state index contributed by atoms with van der Waals surface area (Å²) in [6, 6.07) is 12.2. The van der Waals surface area contributed by atoms with E-state index in [4.69, 9.17) is 25.7 Å². The Morgan fingerprint density at radius 2 is 1.62 bits per heavy atom. The number of hydrogen-bond donors (Lipinski definition) is 2. The maximum Gasteiger partial charge on any atom is 0.338 e. The van der Waals surface area contributed by atoms with Crippen LogP contribution in [0.2, 0.25) is 0 Å². The molecule has 1 aliphatic carbocycles. The van der Waals surface area contributed by atoms with Gasteiger partial charge in [-0.1, -0.05) is 18.2 Å². The summed E-state index contributed by atoms with van der Waals surface area (Å²) >= 11 is 0. The number of carbonyl (C=O) groups excluding carboxylic acids is 2. The van der Waals surface area contributed by atoms with Gasteiger partial charge in [-0.2, -0.15) is 0 Å². The second-order valence-electron chi connectivity index (χ2n) is 8.31. The summed E-state index contributed by atoms with van der Waals surface area (Å²) in [5.41, 5.74) is 14.8. The van der Waals surface area contributed by atoms with Crippen molar-refractivity contribution in [3.63, 3.8) is 0 Å². The van der Waals surface area contributed by atoms with Crippen LogP contribution in [0.4, 0.5) is 11.4 Å². The third-order valence-corrected chi connectivity index (χ3v) is 5.58. The van der Waals surface area contributed by atoms with Gasteiger partial charge in [-0.05, 0) is 73.2 Å². The van der Waals surface area contributed by atoms with Gasteiger partial charge in [0.05, 0.1) is 24.9 Å². The SMILES string of the molecule is C=CCOC1CCC(OC(=O)c2ccc(C=CC(=O)OCCc3cc(N)cc(N)c3)cc2)CC1. The summed E-state index contributed by atoms with van der Waals surface area (Å²) in [5, 5.41) is 0. The second kappa shape index (κ2) is 12.6. The van der Waals surface area contributed by atoms with E-state index < -0.39 is 5.97 Å². The van der Waals surface area contributed by atoms with Gasteiger partial charge in [0.2, 0.25) is 0 Å². The molecule has 1 aliphatic rings. The minimum atomic E-state index is -0.451. The smallest absolute Gasteiger partial charge is 0.338 e. The predicted octanol–water partition coefficient (Wildman–Crippen LogP) is 4.32. The van der Waals surface area contributed by atoms with E-state index in [2.05, 4.69) is 6.58 Å². The summed E-state index contributed by atoms with van der Waals surface area (Å²) in [4.78, 5) is 24.4. The average Bonchev–Trinajstić information content (AvgIpc) is 2.82. The Balaban J connectivity index is 1.40. The standard InChI is InChI=1S/C27H32N2O5/c1-2-14-32-24-8-10-25(11-9-24)34-27(31)21-6-3-19(4-7-21)5-12-26(30)33-15-13-20-16-22(28)18-23(29)17-20/h2-7,12,16-18,24-25H,1,8-11,13-15,28-29H2. The first-order valence-corrected chi connectivity index (χ1v) is 11.5. The Morgan fingerprint density at radius 1 is 0.971 bits per heavy atom. The molecule has 180 valence electrons. The molecule has 0 atom stereocenters. The van der Waals surface area contributed by atoms with Crippen molar-refractivity contribution >= 4 is 29.4 Å². The van der Waals surface area contributed by atoms with Crippen molar-refractivity contribution in [2.45, 2.75) is 44.3 Å².